The molecule has 0 bridgehead atoms. The monoisotopic (exact) mass is 413 g/mol. The third-order valence-corrected chi connectivity index (χ3v) is 5.69. The first-order valence-corrected chi connectivity index (χ1v) is 10.2. The van der Waals surface area contributed by atoms with Crippen molar-refractivity contribution >= 4 is 22.6 Å². The highest BCUT2D eigenvalue weighted by Gasteiger charge is 2.26. The lowest BCUT2D eigenvalue weighted by Gasteiger charge is -2.25. The summed E-state index contributed by atoms with van der Waals surface area (Å²) in [6.45, 7) is 1.15. The van der Waals surface area contributed by atoms with Gasteiger partial charge in [0.2, 0.25) is 0 Å². The van der Waals surface area contributed by atoms with E-state index in [-0.39, 0.29) is 11.7 Å². The number of nitrogens with one attached hydrogen (secondary N) is 2. The van der Waals surface area contributed by atoms with Crippen LogP contribution in [0.5, 0.6) is 17.2 Å². The van der Waals surface area contributed by atoms with E-state index < -0.39 is 0 Å². The van der Waals surface area contributed by atoms with Crippen molar-refractivity contribution in [3.8, 4) is 17.2 Å². The Morgan fingerprint density at radius 1 is 1.16 bits per heavy atom. The summed E-state index contributed by atoms with van der Waals surface area (Å²) in [5, 5.41) is 3.16. The molecule has 0 spiro atoms. The Morgan fingerprint density at radius 2 is 2.13 bits per heavy atom. The Bertz CT molecular complexity index is 1280. The van der Waals surface area contributed by atoms with Crippen molar-refractivity contribution in [3.05, 3.63) is 65.9 Å². The molecular weight excluding hydrogens is 394 g/mol. The summed E-state index contributed by atoms with van der Waals surface area (Å²) in [6.07, 6.45) is 6.37. The molecule has 0 radical (unpaired) electrons. The van der Waals surface area contributed by atoms with Gasteiger partial charge in [-0.1, -0.05) is 0 Å². The average molecular weight is 413 g/mol. The molecule has 2 aliphatic rings. The molecule has 0 saturated heterocycles. The minimum atomic E-state index is 0.0394. The number of anilines is 1. The molecule has 2 aliphatic heterocycles. The largest absolute Gasteiger partial charge is 0.493 e. The van der Waals surface area contributed by atoms with Gasteiger partial charge in [-0.15, -0.1) is 0 Å². The number of ether oxygens (including phenoxy) is 2. The van der Waals surface area contributed by atoms with E-state index in [0.717, 1.165) is 34.6 Å². The van der Waals surface area contributed by atoms with E-state index in [1.165, 1.54) is 0 Å². The molecule has 31 heavy (non-hydrogen) atoms. The van der Waals surface area contributed by atoms with E-state index in [4.69, 9.17) is 14.5 Å². The standard InChI is InChI=1S/C23H19N5O3/c29-18-4-7-25-23-21(18)20(5-8-26-23)31-15-1-2-19-13(10-15)9-14(12-30-19)22-27-16-3-6-24-11-17(16)28-22/h1-3,5-6,8,10-11,14H,4,7,9,12H2,(H,25,26)(H,27,28). The fraction of sp³-hybridized carbons (Fsp3) is 0.217. The zero-order valence-electron chi connectivity index (χ0n) is 16.6. The first-order chi connectivity index (χ1) is 15.2. The third kappa shape index (κ3) is 3.16. The van der Waals surface area contributed by atoms with Gasteiger partial charge in [-0.25, -0.2) is 9.97 Å². The molecule has 4 aromatic rings. The van der Waals surface area contributed by atoms with Crippen LogP contribution in [0.3, 0.4) is 0 Å². The van der Waals surface area contributed by atoms with Gasteiger partial charge >= 0.3 is 0 Å². The van der Waals surface area contributed by atoms with Crippen LogP contribution >= 0.6 is 0 Å². The predicted molar refractivity (Wildman–Crippen MR) is 114 cm³/mol. The van der Waals surface area contributed by atoms with Gasteiger partial charge in [0.25, 0.3) is 0 Å². The number of carbonyl (C=O) groups excluding carboxylic acids is 1. The second-order valence-electron chi connectivity index (χ2n) is 7.73. The first kappa shape index (κ1) is 17.9. The second kappa shape index (κ2) is 7.09. The van der Waals surface area contributed by atoms with Gasteiger partial charge in [0.05, 0.1) is 29.8 Å². The molecule has 1 aromatic carbocycles. The number of pyridine rings is 2. The molecule has 8 heteroatoms. The summed E-state index contributed by atoms with van der Waals surface area (Å²) in [5.41, 5.74) is 3.37. The maximum Gasteiger partial charge on any atom is 0.172 e. The topological polar surface area (TPSA) is 102 Å². The molecule has 3 aromatic heterocycles. The minimum absolute atomic E-state index is 0.0394. The molecule has 5 heterocycles. The number of benzene rings is 1. The molecule has 1 unspecified atom stereocenters. The number of imidazole rings is 1. The van der Waals surface area contributed by atoms with Crippen LogP contribution in [0.2, 0.25) is 0 Å². The van der Waals surface area contributed by atoms with E-state index in [1.54, 1.807) is 24.7 Å². The molecular formula is C23H19N5O3. The number of aromatic nitrogens is 4. The van der Waals surface area contributed by atoms with Crippen LogP contribution in [-0.4, -0.2) is 38.9 Å². The van der Waals surface area contributed by atoms with E-state index in [9.17, 15) is 4.79 Å². The maximum absolute atomic E-state index is 12.4. The van der Waals surface area contributed by atoms with Crippen LogP contribution in [0, 0.1) is 0 Å². The highest BCUT2D eigenvalue weighted by molar-refractivity contribution is 6.04. The maximum atomic E-state index is 12.4. The summed E-state index contributed by atoms with van der Waals surface area (Å²) in [5.74, 6) is 3.63. The fourth-order valence-corrected chi connectivity index (χ4v) is 4.16. The zero-order valence-corrected chi connectivity index (χ0v) is 16.6. The van der Waals surface area contributed by atoms with Crippen LogP contribution in [0.4, 0.5) is 5.82 Å². The lowest BCUT2D eigenvalue weighted by Crippen LogP contribution is -2.20. The van der Waals surface area contributed by atoms with Crippen molar-refractivity contribution in [1.82, 2.24) is 19.9 Å². The van der Waals surface area contributed by atoms with Crippen molar-refractivity contribution in [2.24, 2.45) is 0 Å². The van der Waals surface area contributed by atoms with Crippen LogP contribution in [0.15, 0.2) is 48.9 Å². The fourth-order valence-electron chi connectivity index (χ4n) is 4.16. The Labute approximate surface area is 177 Å². The highest BCUT2D eigenvalue weighted by atomic mass is 16.5. The van der Waals surface area contributed by atoms with Crippen molar-refractivity contribution in [2.75, 3.05) is 18.5 Å². The third-order valence-electron chi connectivity index (χ3n) is 5.69. The molecule has 6 rings (SSSR count). The average Bonchev–Trinajstić information content (AvgIpc) is 3.23. The molecule has 0 aliphatic carbocycles. The number of aromatic amines is 1. The number of carbonyl (C=O) groups is 1. The second-order valence-corrected chi connectivity index (χ2v) is 7.73. The number of hydrogen-bond donors (Lipinski definition) is 2. The minimum Gasteiger partial charge on any atom is -0.493 e. The predicted octanol–water partition coefficient (Wildman–Crippen LogP) is 3.86. The molecule has 8 nitrogen and oxygen atoms in total. The molecule has 0 fully saturated rings. The molecule has 154 valence electrons. The van der Waals surface area contributed by atoms with E-state index in [1.807, 2.05) is 24.3 Å². The van der Waals surface area contributed by atoms with Gasteiger partial charge < -0.3 is 19.8 Å². The SMILES string of the molecule is O=C1CCNc2nccc(Oc3ccc4c(c3)CC(c3nc5ccncc5[nH]3)CO4)c21. The van der Waals surface area contributed by atoms with E-state index >= 15 is 0 Å². The Balaban J connectivity index is 1.29. The number of fused-ring (bicyclic) bond motifs is 3. The quantitative estimate of drug-likeness (QED) is 0.526. The van der Waals surface area contributed by atoms with E-state index in [0.29, 0.717) is 42.5 Å². The van der Waals surface area contributed by atoms with Crippen molar-refractivity contribution in [3.63, 3.8) is 0 Å². The normalized spacial score (nSPS) is 17.4. The Kier molecular flexibility index (Phi) is 4.09. The van der Waals surface area contributed by atoms with Crippen LogP contribution in [-0.2, 0) is 6.42 Å². The Hall–Kier alpha value is -3.94. The smallest absolute Gasteiger partial charge is 0.172 e. The summed E-state index contributed by atoms with van der Waals surface area (Å²) in [6, 6.07) is 9.37. The lowest BCUT2D eigenvalue weighted by molar-refractivity contribution is 0.0981. The van der Waals surface area contributed by atoms with Crippen molar-refractivity contribution < 1.29 is 14.3 Å². The van der Waals surface area contributed by atoms with Crippen LogP contribution in [0.25, 0.3) is 11.0 Å². The van der Waals surface area contributed by atoms with Gasteiger partial charge in [0, 0.05) is 31.4 Å². The molecule has 0 saturated carbocycles. The van der Waals surface area contributed by atoms with Crippen molar-refractivity contribution in [1.29, 1.82) is 0 Å². The summed E-state index contributed by atoms with van der Waals surface area (Å²) in [7, 11) is 0. The van der Waals surface area contributed by atoms with Crippen LogP contribution in [0.1, 0.15) is 34.1 Å². The summed E-state index contributed by atoms with van der Waals surface area (Å²) >= 11 is 0. The lowest BCUT2D eigenvalue weighted by atomic mass is 9.96. The number of nitrogens with zero attached hydrogens (tertiary/aromatic N) is 3. The number of hydrogen-bond acceptors (Lipinski definition) is 7. The molecule has 1 atom stereocenters. The first-order valence-electron chi connectivity index (χ1n) is 10.2. The highest BCUT2D eigenvalue weighted by Crippen LogP contribution is 2.37. The molecule has 0 amide bonds. The van der Waals surface area contributed by atoms with Crippen molar-refractivity contribution in [2.45, 2.75) is 18.8 Å². The Morgan fingerprint density at radius 3 is 3.06 bits per heavy atom. The molecule has 2 N–H and O–H groups in total. The van der Waals surface area contributed by atoms with Gasteiger partial charge in [-0.05, 0) is 36.2 Å². The van der Waals surface area contributed by atoms with Gasteiger partial charge in [-0.2, -0.15) is 0 Å². The number of ketones is 1. The van der Waals surface area contributed by atoms with E-state index in [2.05, 4.69) is 20.3 Å². The summed E-state index contributed by atoms with van der Waals surface area (Å²) in [4.78, 5) is 28.9. The summed E-state index contributed by atoms with van der Waals surface area (Å²) < 4.78 is 12.1. The number of rotatable bonds is 3. The zero-order chi connectivity index (χ0) is 20.8. The van der Waals surface area contributed by atoms with Gasteiger partial charge in [-0.3, -0.25) is 9.78 Å². The van der Waals surface area contributed by atoms with Gasteiger partial charge in [0.1, 0.15) is 34.5 Å². The number of Topliss-reactive ketones (excluding diaryl/α,β-unsaturated/α-hetero) is 1. The van der Waals surface area contributed by atoms with Crippen LogP contribution < -0.4 is 14.8 Å². The number of H-pyrrole nitrogens is 1. The van der Waals surface area contributed by atoms with Gasteiger partial charge in [0.15, 0.2) is 5.78 Å².